The number of para-hydroxylation sites is 1. The van der Waals surface area contributed by atoms with Crippen LogP contribution >= 0.6 is 11.6 Å². The fraction of sp³-hybridized carbons (Fsp3) is 0.231. The molecule has 0 radical (unpaired) electrons. The van der Waals surface area contributed by atoms with Crippen LogP contribution in [0.1, 0.15) is 17.2 Å². The van der Waals surface area contributed by atoms with E-state index in [1.807, 2.05) is 37.3 Å². The standard InChI is InChI=1S/C26H23ClN2O5/c1-15-6-4-5-7-20(15)29-23(19-13-12-18(32-2)14-21(19)33-3)22-24(34-29)26(31)28(25(22)30)17-10-8-16(27)9-11-17/h4-14,22-24H,1-3H3. The Hall–Kier alpha value is -3.55. The highest BCUT2D eigenvalue weighted by Crippen LogP contribution is 2.50. The maximum atomic E-state index is 13.8. The van der Waals surface area contributed by atoms with Gasteiger partial charge in [0.05, 0.1) is 31.6 Å². The smallest absolute Gasteiger partial charge is 0.266 e. The van der Waals surface area contributed by atoms with E-state index in [1.54, 1.807) is 55.7 Å². The summed E-state index contributed by atoms with van der Waals surface area (Å²) in [7, 11) is 3.14. The molecule has 2 aliphatic rings. The predicted molar refractivity (Wildman–Crippen MR) is 128 cm³/mol. The molecule has 3 atom stereocenters. The van der Waals surface area contributed by atoms with Crippen molar-refractivity contribution < 1.29 is 23.9 Å². The van der Waals surface area contributed by atoms with E-state index in [1.165, 1.54) is 4.90 Å². The second-order valence-electron chi connectivity index (χ2n) is 8.21. The molecule has 0 N–H and O–H groups in total. The average molecular weight is 479 g/mol. The molecule has 0 saturated carbocycles. The van der Waals surface area contributed by atoms with E-state index in [2.05, 4.69) is 0 Å². The van der Waals surface area contributed by atoms with Gasteiger partial charge in [0.1, 0.15) is 17.4 Å². The van der Waals surface area contributed by atoms with Gasteiger partial charge in [-0.05, 0) is 55.0 Å². The number of hydrogen-bond donors (Lipinski definition) is 0. The lowest BCUT2D eigenvalue weighted by atomic mass is 9.89. The van der Waals surface area contributed by atoms with Gasteiger partial charge >= 0.3 is 0 Å². The third-order valence-electron chi connectivity index (χ3n) is 6.31. The first-order valence-corrected chi connectivity index (χ1v) is 11.2. The molecule has 3 aromatic carbocycles. The van der Waals surface area contributed by atoms with Crippen molar-refractivity contribution in [3.05, 3.63) is 82.9 Å². The number of amides is 2. The number of imide groups is 1. The number of carbonyl (C=O) groups is 2. The molecular formula is C26H23ClN2O5. The van der Waals surface area contributed by atoms with Crippen molar-refractivity contribution in [1.82, 2.24) is 0 Å². The Labute approximate surface area is 202 Å². The number of methoxy groups -OCH3 is 2. The number of ether oxygens (including phenoxy) is 2. The van der Waals surface area contributed by atoms with Crippen LogP contribution in [0.5, 0.6) is 11.5 Å². The van der Waals surface area contributed by atoms with Crippen molar-refractivity contribution in [3.63, 3.8) is 0 Å². The molecule has 0 aliphatic carbocycles. The maximum absolute atomic E-state index is 13.8. The van der Waals surface area contributed by atoms with Crippen LogP contribution in [0.3, 0.4) is 0 Å². The quantitative estimate of drug-likeness (QED) is 0.494. The summed E-state index contributed by atoms with van der Waals surface area (Å²) in [6.45, 7) is 1.96. The van der Waals surface area contributed by atoms with Gasteiger partial charge in [0, 0.05) is 16.7 Å². The van der Waals surface area contributed by atoms with Gasteiger partial charge < -0.3 is 9.47 Å². The number of aryl methyl sites for hydroxylation is 1. The summed E-state index contributed by atoms with van der Waals surface area (Å²) in [6, 6.07) is 19.1. The van der Waals surface area contributed by atoms with Crippen molar-refractivity contribution in [2.75, 3.05) is 24.2 Å². The molecule has 8 heteroatoms. The summed E-state index contributed by atoms with van der Waals surface area (Å²) in [4.78, 5) is 34.6. The predicted octanol–water partition coefficient (Wildman–Crippen LogP) is 4.72. The van der Waals surface area contributed by atoms with Crippen LogP contribution in [0.2, 0.25) is 5.02 Å². The molecule has 7 nitrogen and oxygen atoms in total. The Morgan fingerprint density at radius 2 is 1.65 bits per heavy atom. The second kappa shape index (κ2) is 8.66. The van der Waals surface area contributed by atoms with Gasteiger partial charge in [-0.2, -0.15) is 0 Å². The Kier molecular flexibility index (Phi) is 5.67. The Morgan fingerprint density at radius 3 is 2.32 bits per heavy atom. The molecule has 34 heavy (non-hydrogen) atoms. The highest BCUT2D eigenvalue weighted by Gasteiger charge is 2.60. The molecule has 5 rings (SSSR count). The number of hydroxylamine groups is 1. The highest BCUT2D eigenvalue weighted by molar-refractivity contribution is 6.31. The van der Waals surface area contributed by atoms with Crippen LogP contribution in [0.25, 0.3) is 0 Å². The van der Waals surface area contributed by atoms with Crippen molar-refractivity contribution in [1.29, 1.82) is 0 Å². The van der Waals surface area contributed by atoms with Gasteiger partial charge in [0.15, 0.2) is 6.10 Å². The molecule has 0 aromatic heterocycles. The molecule has 2 heterocycles. The largest absolute Gasteiger partial charge is 0.497 e. The van der Waals surface area contributed by atoms with Crippen LogP contribution in [0.4, 0.5) is 11.4 Å². The summed E-state index contributed by atoms with van der Waals surface area (Å²) in [6.07, 6.45) is -0.973. The zero-order valence-corrected chi connectivity index (χ0v) is 19.7. The van der Waals surface area contributed by atoms with Gasteiger partial charge in [0.25, 0.3) is 5.91 Å². The summed E-state index contributed by atoms with van der Waals surface area (Å²) in [5.41, 5.74) is 2.91. The van der Waals surface area contributed by atoms with E-state index >= 15 is 0 Å². The third kappa shape index (κ3) is 3.48. The monoisotopic (exact) mass is 478 g/mol. The molecule has 0 bridgehead atoms. The molecule has 2 amide bonds. The lowest BCUT2D eigenvalue weighted by Gasteiger charge is -2.30. The molecule has 2 saturated heterocycles. The number of benzene rings is 3. The molecule has 3 aromatic rings. The number of fused-ring (bicyclic) bond motifs is 1. The number of carbonyl (C=O) groups excluding carboxylic acids is 2. The van der Waals surface area contributed by atoms with Crippen molar-refractivity contribution >= 4 is 34.8 Å². The maximum Gasteiger partial charge on any atom is 0.266 e. The third-order valence-corrected chi connectivity index (χ3v) is 6.56. The van der Waals surface area contributed by atoms with Gasteiger partial charge in [0.2, 0.25) is 5.91 Å². The average Bonchev–Trinajstić information content (AvgIpc) is 3.35. The van der Waals surface area contributed by atoms with Crippen molar-refractivity contribution in [2.24, 2.45) is 5.92 Å². The molecule has 174 valence electrons. The zero-order valence-electron chi connectivity index (χ0n) is 18.9. The van der Waals surface area contributed by atoms with E-state index in [-0.39, 0.29) is 5.91 Å². The Bertz CT molecular complexity index is 1260. The first kappa shape index (κ1) is 22.3. The first-order valence-electron chi connectivity index (χ1n) is 10.8. The van der Waals surface area contributed by atoms with Gasteiger partial charge in [-0.25, -0.2) is 9.96 Å². The van der Waals surface area contributed by atoms with Crippen LogP contribution in [0, 0.1) is 12.8 Å². The molecule has 3 unspecified atom stereocenters. The van der Waals surface area contributed by atoms with Crippen molar-refractivity contribution in [2.45, 2.75) is 19.1 Å². The number of nitrogens with zero attached hydrogens (tertiary/aromatic N) is 2. The van der Waals surface area contributed by atoms with Crippen LogP contribution in [0.15, 0.2) is 66.7 Å². The fourth-order valence-electron chi connectivity index (χ4n) is 4.66. The minimum Gasteiger partial charge on any atom is -0.497 e. The lowest BCUT2D eigenvalue weighted by molar-refractivity contribution is -0.126. The lowest BCUT2D eigenvalue weighted by Crippen LogP contribution is -2.37. The number of rotatable bonds is 5. The number of hydrogen-bond acceptors (Lipinski definition) is 6. The minimum absolute atomic E-state index is 0.337. The van der Waals surface area contributed by atoms with E-state index < -0.39 is 24.0 Å². The summed E-state index contributed by atoms with van der Waals surface area (Å²) in [5, 5.41) is 2.19. The fourth-order valence-corrected chi connectivity index (χ4v) is 4.78. The van der Waals surface area contributed by atoms with E-state index in [0.29, 0.717) is 22.2 Å². The Morgan fingerprint density at radius 1 is 0.912 bits per heavy atom. The van der Waals surface area contributed by atoms with Crippen molar-refractivity contribution in [3.8, 4) is 11.5 Å². The normalized spacial score (nSPS) is 21.7. The molecule has 2 fully saturated rings. The molecular weight excluding hydrogens is 456 g/mol. The molecule has 0 spiro atoms. The van der Waals surface area contributed by atoms with Gasteiger partial charge in [-0.15, -0.1) is 0 Å². The zero-order chi connectivity index (χ0) is 24.0. The van der Waals surface area contributed by atoms with Gasteiger partial charge in [-0.1, -0.05) is 29.8 Å². The highest BCUT2D eigenvalue weighted by atomic mass is 35.5. The number of anilines is 2. The minimum atomic E-state index is -0.973. The second-order valence-corrected chi connectivity index (χ2v) is 8.64. The SMILES string of the molecule is COc1ccc(C2C3C(=O)N(c4ccc(Cl)cc4)C(=O)C3ON2c2ccccc2C)c(OC)c1. The van der Waals surface area contributed by atoms with Crippen LogP contribution in [-0.4, -0.2) is 32.1 Å². The topological polar surface area (TPSA) is 68.3 Å². The Balaban J connectivity index is 1.64. The van der Waals surface area contributed by atoms with E-state index in [4.69, 9.17) is 25.9 Å². The van der Waals surface area contributed by atoms with Gasteiger partial charge in [-0.3, -0.25) is 14.4 Å². The van der Waals surface area contributed by atoms with E-state index in [9.17, 15) is 9.59 Å². The first-order chi connectivity index (χ1) is 16.4. The summed E-state index contributed by atoms with van der Waals surface area (Å²) >= 11 is 6.01. The van der Waals surface area contributed by atoms with E-state index in [0.717, 1.165) is 16.8 Å². The summed E-state index contributed by atoms with van der Waals surface area (Å²) < 4.78 is 11.0. The number of halogens is 1. The van der Waals surface area contributed by atoms with Crippen LogP contribution < -0.4 is 19.4 Å². The summed E-state index contributed by atoms with van der Waals surface area (Å²) in [5.74, 6) is -0.361. The van der Waals surface area contributed by atoms with Crippen LogP contribution in [-0.2, 0) is 14.4 Å². The molecule has 2 aliphatic heterocycles.